The molecule has 2 N–H and O–H groups in total. The van der Waals surface area contributed by atoms with Gasteiger partial charge in [0.1, 0.15) is 0 Å². The van der Waals surface area contributed by atoms with Crippen LogP contribution in [0.15, 0.2) is 29.3 Å². The van der Waals surface area contributed by atoms with E-state index in [1.165, 1.54) is 6.42 Å². The summed E-state index contributed by atoms with van der Waals surface area (Å²) in [7, 11) is 0. The van der Waals surface area contributed by atoms with Crippen molar-refractivity contribution in [3.8, 4) is 0 Å². The molecule has 0 unspecified atom stereocenters. The first kappa shape index (κ1) is 12.9. The molecule has 5 heteroatoms. The Morgan fingerprint density at radius 2 is 2.11 bits per heavy atom. The molecule has 1 aliphatic heterocycles. The molecule has 1 amide bonds. The van der Waals surface area contributed by atoms with Gasteiger partial charge in [-0.2, -0.15) is 0 Å². The van der Waals surface area contributed by atoms with Gasteiger partial charge in [-0.1, -0.05) is 23.7 Å². The molecule has 1 aromatic rings. The van der Waals surface area contributed by atoms with Crippen molar-refractivity contribution in [3.05, 3.63) is 34.9 Å². The summed E-state index contributed by atoms with van der Waals surface area (Å²) in [4.78, 5) is 16.3. The number of hydrogen-bond acceptors (Lipinski definition) is 3. The number of guanidine groups is 1. The summed E-state index contributed by atoms with van der Waals surface area (Å²) in [6, 6.07) is 6.98. The highest BCUT2D eigenvalue weighted by Crippen LogP contribution is 2.14. The SMILES string of the molecule is O=C(NC1=NCCCCCN1)c1ccccc1Cl. The fourth-order valence-electron chi connectivity index (χ4n) is 1.77. The molecule has 0 bridgehead atoms. The summed E-state index contributed by atoms with van der Waals surface area (Å²) >= 11 is 5.97. The van der Waals surface area contributed by atoms with Crippen molar-refractivity contribution in [2.75, 3.05) is 13.1 Å². The molecular weight excluding hydrogens is 250 g/mol. The zero-order valence-corrected chi connectivity index (χ0v) is 10.8. The van der Waals surface area contributed by atoms with E-state index in [2.05, 4.69) is 15.6 Å². The highest BCUT2D eigenvalue weighted by molar-refractivity contribution is 6.34. The number of carbonyl (C=O) groups excluding carboxylic acids is 1. The highest BCUT2D eigenvalue weighted by atomic mass is 35.5. The number of benzene rings is 1. The minimum absolute atomic E-state index is 0.229. The lowest BCUT2D eigenvalue weighted by atomic mass is 10.2. The molecular formula is C13H16ClN3O. The van der Waals surface area contributed by atoms with Crippen molar-refractivity contribution in [1.82, 2.24) is 10.6 Å². The lowest BCUT2D eigenvalue weighted by molar-refractivity contribution is 0.0976. The van der Waals surface area contributed by atoms with Crippen LogP contribution in [0.5, 0.6) is 0 Å². The second-order valence-electron chi connectivity index (χ2n) is 4.15. The van der Waals surface area contributed by atoms with E-state index in [1.54, 1.807) is 24.3 Å². The van der Waals surface area contributed by atoms with Gasteiger partial charge in [0.05, 0.1) is 10.6 Å². The van der Waals surface area contributed by atoms with Crippen molar-refractivity contribution in [2.24, 2.45) is 4.99 Å². The number of hydrogen-bond donors (Lipinski definition) is 2. The summed E-state index contributed by atoms with van der Waals surface area (Å²) in [5.74, 6) is 0.312. The summed E-state index contributed by atoms with van der Waals surface area (Å²) in [6.07, 6.45) is 3.33. The molecule has 2 rings (SSSR count). The molecule has 0 aliphatic carbocycles. The third-order valence-corrected chi connectivity index (χ3v) is 3.08. The van der Waals surface area contributed by atoms with Crippen LogP contribution in [0.2, 0.25) is 5.02 Å². The summed E-state index contributed by atoms with van der Waals surface area (Å²) in [5.41, 5.74) is 0.464. The fraction of sp³-hybridized carbons (Fsp3) is 0.385. The maximum atomic E-state index is 12.0. The zero-order chi connectivity index (χ0) is 12.8. The number of rotatable bonds is 1. The fourth-order valence-corrected chi connectivity index (χ4v) is 1.99. The van der Waals surface area contributed by atoms with Gasteiger partial charge in [0.2, 0.25) is 0 Å². The maximum absolute atomic E-state index is 12.0. The largest absolute Gasteiger partial charge is 0.356 e. The third kappa shape index (κ3) is 3.47. The van der Waals surface area contributed by atoms with Gasteiger partial charge in [0, 0.05) is 13.1 Å². The Balaban J connectivity index is 2.04. The van der Waals surface area contributed by atoms with E-state index in [0.29, 0.717) is 16.5 Å². The van der Waals surface area contributed by atoms with Gasteiger partial charge in [-0.15, -0.1) is 0 Å². The Hall–Kier alpha value is -1.55. The summed E-state index contributed by atoms with van der Waals surface area (Å²) < 4.78 is 0. The molecule has 0 saturated heterocycles. The molecule has 1 aromatic carbocycles. The Bertz CT molecular complexity index is 459. The number of carbonyl (C=O) groups is 1. The Kier molecular flexibility index (Phi) is 4.59. The first-order chi connectivity index (χ1) is 8.77. The number of halogens is 1. The van der Waals surface area contributed by atoms with Crippen molar-refractivity contribution >= 4 is 23.5 Å². The lowest BCUT2D eigenvalue weighted by Crippen LogP contribution is -2.42. The van der Waals surface area contributed by atoms with Gasteiger partial charge in [-0.05, 0) is 31.4 Å². The minimum atomic E-state index is -0.229. The first-order valence-corrected chi connectivity index (χ1v) is 6.49. The lowest BCUT2D eigenvalue weighted by Gasteiger charge is -2.14. The second kappa shape index (κ2) is 6.40. The maximum Gasteiger partial charge on any atom is 0.259 e. The van der Waals surface area contributed by atoms with E-state index in [1.807, 2.05) is 0 Å². The van der Waals surface area contributed by atoms with Crippen LogP contribution in [0.25, 0.3) is 0 Å². The van der Waals surface area contributed by atoms with E-state index in [-0.39, 0.29) is 5.91 Å². The van der Waals surface area contributed by atoms with Gasteiger partial charge in [-0.3, -0.25) is 15.1 Å². The van der Waals surface area contributed by atoms with Crippen LogP contribution in [0.4, 0.5) is 0 Å². The molecule has 0 spiro atoms. The number of amides is 1. The molecule has 0 radical (unpaired) electrons. The highest BCUT2D eigenvalue weighted by Gasteiger charge is 2.12. The predicted octanol–water partition coefficient (Wildman–Crippen LogP) is 2.20. The number of nitrogens with zero attached hydrogens (tertiary/aromatic N) is 1. The van der Waals surface area contributed by atoms with Crippen LogP contribution in [0.3, 0.4) is 0 Å². The van der Waals surface area contributed by atoms with Gasteiger partial charge in [0.15, 0.2) is 5.96 Å². The molecule has 96 valence electrons. The van der Waals surface area contributed by atoms with Crippen LogP contribution in [0.1, 0.15) is 29.6 Å². The Labute approximate surface area is 111 Å². The van der Waals surface area contributed by atoms with Crippen LogP contribution >= 0.6 is 11.6 Å². The smallest absolute Gasteiger partial charge is 0.259 e. The molecule has 1 heterocycles. The quantitative estimate of drug-likeness (QED) is 0.818. The average molecular weight is 266 g/mol. The molecule has 1 aliphatic rings. The predicted molar refractivity (Wildman–Crippen MR) is 73.1 cm³/mol. The second-order valence-corrected chi connectivity index (χ2v) is 4.56. The van der Waals surface area contributed by atoms with E-state index in [9.17, 15) is 4.79 Å². The number of nitrogens with one attached hydrogen (secondary N) is 2. The van der Waals surface area contributed by atoms with Crippen molar-refractivity contribution < 1.29 is 4.79 Å². The molecule has 4 nitrogen and oxygen atoms in total. The van der Waals surface area contributed by atoms with Crippen molar-refractivity contribution in [3.63, 3.8) is 0 Å². The third-order valence-electron chi connectivity index (χ3n) is 2.75. The van der Waals surface area contributed by atoms with E-state index < -0.39 is 0 Å². The summed E-state index contributed by atoms with van der Waals surface area (Å²) in [5, 5.41) is 6.32. The molecule has 0 aromatic heterocycles. The van der Waals surface area contributed by atoms with Gasteiger partial charge >= 0.3 is 0 Å². The van der Waals surface area contributed by atoms with Crippen LogP contribution in [-0.2, 0) is 0 Å². The van der Waals surface area contributed by atoms with Gasteiger partial charge < -0.3 is 5.32 Å². The molecule has 18 heavy (non-hydrogen) atoms. The van der Waals surface area contributed by atoms with Crippen LogP contribution < -0.4 is 10.6 Å². The van der Waals surface area contributed by atoms with Crippen LogP contribution in [-0.4, -0.2) is 25.0 Å². The Morgan fingerprint density at radius 3 is 2.94 bits per heavy atom. The number of aliphatic imine (C=N–C) groups is 1. The standard InChI is InChI=1S/C13H16ClN3O/c14-11-7-3-2-6-10(11)12(18)17-13-15-8-4-1-5-9-16-13/h2-3,6-7H,1,4-5,8-9H2,(H2,15,16,17,18). The van der Waals surface area contributed by atoms with Gasteiger partial charge in [-0.25, -0.2) is 0 Å². The minimum Gasteiger partial charge on any atom is -0.356 e. The van der Waals surface area contributed by atoms with Crippen molar-refractivity contribution in [1.29, 1.82) is 0 Å². The Morgan fingerprint density at radius 1 is 1.28 bits per heavy atom. The zero-order valence-electron chi connectivity index (χ0n) is 10.1. The first-order valence-electron chi connectivity index (χ1n) is 6.11. The topological polar surface area (TPSA) is 53.5 Å². The van der Waals surface area contributed by atoms with E-state index in [4.69, 9.17) is 11.6 Å². The molecule has 0 atom stereocenters. The van der Waals surface area contributed by atoms with E-state index >= 15 is 0 Å². The van der Waals surface area contributed by atoms with Crippen molar-refractivity contribution in [2.45, 2.75) is 19.3 Å². The van der Waals surface area contributed by atoms with Gasteiger partial charge in [0.25, 0.3) is 5.91 Å². The molecule has 0 saturated carbocycles. The average Bonchev–Trinajstić information content (AvgIpc) is 2.33. The van der Waals surface area contributed by atoms with E-state index in [0.717, 1.165) is 25.9 Å². The summed E-state index contributed by atoms with van der Waals surface area (Å²) in [6.45, 7) is 1.58. The normalized spacial score (nSPS) is 15.9. The molecule has 0 fully saturated rings. The monoisotopic (exact) mass is 265 g/mol. The van der Waals surface area contributed by atoms with Crippen LogP contribution in [0, 0.1) is 0 Å².